The Morgan fingerprint density at radius 2 is 2.11 bits per heavy atom. The highest BCUT2D eigenvalue weighted by Gasteiger charge is 2.22. The Balaban J connectivity index is 2.99. The third-order valence-electron chi connectivity index (χ3n) is 2.60. The Kier molecular flexibility index (Phi) is 5.25. The normalized spacial score (nSPS) is 11.4. The number of nitrogens with zero attached hydrogens (tertiary/aromatic N) is 3. The fourth-order valence-electron chi connectivity index (χ4n) is 1.53. The molecule has 1 rings (SSSR count). The van der Waals surface area contributed by atoms with Crippen molar-refractivity contribution >= 4 is 10.0 Å². The van der Waals surface area contributed by atoms with Gasteiger partial charge in [-0.25, -0.2) is 13.4 Å². The molecule has 0 aromatic carbocycles. The van der Waals surface area contributed by atoms with Crippen LogP contribution in [0.3, 0.4) is 0 Å². The van der Waals surface area contributed by atoms with Gasteiger partial charge in [0, 0.05) is 19.3 Å². The van der Waals surface area contributed by atoms with Crippen molar-refractivity contribution in [1.82, 2.24) is 9.29 Å². The molecule has 1 aromatic heterocycles. The van der Waals surface area contributed by atoms with Crippen LogP contribution in [-0.2, 0) is 10.0 Å². The molecule has 0 atom stereocenters. The van der Waals surface area contributed by atoms with E-state index in [1.165, 1.54) is 22.6 Å². The number of pyridine rings is 1. The predicted molar refractivity (Wildman–Crippen MR) is 68.3 cm³/mol. The van der Waals surface area contributed by atoms with Crippen molar-refractivity contribution in [2.45, 2.75) is 31.6 Å². The second kappa shape index (κ2) is 6.47. The summed E-state index contributed by atoms with van der Waals surface area (Å²) in [6, 6.07) is 4.71. The van der Waals surface area contributed by atoms with Gasteiger partial charge in [-0.1, -0.05) is 20.3 Å². The minimum atomic E-state index is -3.49. The van der Waals surface area contributed by atoms with Crippen LogP contribution in [0.25, 0.3) is 0 Å². The van der Waals surface area contributed by atoms with Gasteiger partial charge in [-0.15, -0.1) is 0 Å². The molecule has 0 fully saturated rings. The molecule has 0 aliphatic heterocycles. The molecule has 0 saturated carbocycles. The molecule has 0 aliphatic rings. The van der Waals surface area contributed by atoms with E-state index in [4.69, 9.17) is 5.26 Å². The van der Waals surface area contributed by atoms with Gasteiger partial charge in [0.05, 0.1) is 0 Å². The maximum absolute atomic E-state index is 12.3. The van der Waals surface area contributed by atoms with Crippen molar-refractivity contribution < 1.29 is 8.42 Å². The summed E-state index contributed by atoms with van der Waals surface area (Å²) in [4.78, 5) is 3.93. The first-order valence-corrected chi connectivity index (χ1v) is 7.36. The van der Waals surface area contributed by atoms with Crippen LogP contribution in [0.5, 0.6) is 0 Å². The Morgan fingerprint density at radius 1 is 1.39 bits per heavy atom. The minimum absolute atomic E-state index is 0.138. The van der Waals surface area contributed by atoms with Gasteiger partial charge < -0.3 is 0 Å². The maximum Gasteiger partial charge on any atom is 0.244 e. The Bertz CT molecular complexity index is 517. The lowest BCUT2D eigenvalue weighted by Gasteiger charge is -2.19. The van der Waals surface area contributed by atoms with Crippen molar-refractivity contribution in [3.05, 3.63) is 24.0 Å². The summed E-state index contributed by atoms with van der Waals surface area (Å²) in [5.74, 6) is 0. The first-order valence-electron chi connectivity index (χ1n) is 5.92. The van der Waals surface area contributed by atoms with E-state index in [2.05, 4.69) is 4.98 Å². The number of unbranched alkanes of at least 4 members (excludes halogenated alkanes) is 1. The zero-order valence-electron chi connectivity index (χ0n) is 10.6. The van der Waals surface area contributed by atoms with E-state index in [0.717, 1.165) is 12.8 Å². The molecule has 5 nitrogen and oxygen atoms in total. The summed E-state index contributed by atoms with van der Waals surface area (Å²) in [5, 5.41) is 8.63. The van der Waals surface area contributed by atoms with Crippen LogP contribution < -0.4 is 0 Å². The van der Waals surface area contributed by atoms with Gasteiger partial charge in [-0.05, 0) is 18.6 Å². The van der Waals surface area contributed by atoms with Crippen molar-refractivity contribution in [3.63, 3.8) is 0 Å². The first kappa shape index (κ1) is 14.6. The summed E-state index contributed by atoms with van der Waals surface area (Å²) in [5.41, 5.74) is 0.213. The van der Waals surface area contributed by atoms with E-state index in [-0.39, 0.29) is 10.6 Å². The van der Waals surface area contributed by atoms with Crippen LogP contribution in [-0.4, -0.2) is 30.8 Å². The molecule has 0 saturated heterocycles. The Hall–Kier alpha value is -1.45. The van der Waals surface area contributed by atoms with E-state index >= 15 is 0 Å². The number of nitriles is 1. The summed E-state index contributed by atoms with van der Waals surface area (Å²) in [6.07, 6.45) is 3.01. The molecule has 1 heterocycles. The molecular weight excluding hydrogens is 250 g/mol. The standard InChI is InChI=1S/C12H17N3O2S/c1-3-5-8-15(4-2)18(16,17)12-7-6-11(9-13)14-10-12/h6-7,10H,3-5,8H2,1-2H3. The average Bonchev–Trinajstić information content (AvgIpc) is 2.39. The van der Waals surface area contributed by atoms with Crippen LogP contribution in [0.1, 0.15) is 32.4 Å². The fraction of sp³-hybridized carbons (Fsp3) is 0.500. The second-order valence-electron chi connectivity index (χ2n) is 3.84. The minimum Gasteiger partial charge on any atom is -0.244 e. The van der Waals surface area contributed by atoms with Gasteiger partial charge in [0.1, 0.15) is 16.7 Å². The lowest BCUT2D eigenvalue weighted by Crippen LogP contribution is -2.31. The van der Waals surface area contributed by atoms with E-state index < -0.39 is 10.0 Å². The molecule has 0 amide bonds. The van der Waals surface area contributed by atoms with Gasteiger partial charge in [-0.3, -0.25) is 0 Å². The van der Waals surface area contributed by atoms with E-state index in [9.17, 15) is 8.42 Å². The van der Waals surface area contributed by atoms with Crippen LogP contribution >= 0.6 is 0 Å². The summed E-state index contributed by atoms with van der Waals surface area (Å²) >= 11 is 0. The van der Waals surface area contributed by atoms with Crippen molar-refractivity contribution in [2.24, 2.45) is 0 Å². The van der Waals surface area contributed by atoms with Crippen LogP contribution in [0, 0.1) is 11.3 Å². The molecule has 0 radical (unpaired) electrons. The summed E-state index contributed by atoms with van der Waals surface area (Å²) in [7, 11) is -3.49. The van der Waals surface area contributed by atoms with E-state index in [1.54, 1.807) is 0 Å². The lowest BCUT2D eigenvalue weighted by molar-refractivity contribution is 0.418. The number of hydrogen-bond acceptors (Lipinski definition) is 4. The first-order chi connectivity index (χ1) is 8.56. The molecule has 0 aliphatic carbocycles. The molecule has 1 aromatic rings. The van der Waals surface area contributed by atoms with Crippen molar-refractivity contribution in [2.75, 3.05) is 13.1 Å². The van der Waals surface area contributed by atoms with Crippen molar-refractivity contribution in [1.29, 1.82) is 5.26 Å². The van der Waals surface area contributed by atoms with Gasteiger partial charge in [0.2, 0.25) is 10.0 Å². The number of hydrogen-bond donors (Lipinski definition) is 0. The van der Waals surface area contributed by atoms with E-state index in [1.807, 2.05) is 19.9 Å². The summed E-state index contributed by atoms with van der Waals surface area (Å²) in [6.45, 7) is 4.77. The Morgan fingerprint density at radius 3 is 2.56 bits per heavy atom. The molecule has 18 heavy (non-hydrogen) atoms. The van der Waals surface area contributed by atoms with Gasteiger partial charge >= 0.3 is 0 Å². The quantitative estimate of drug-likeness (QED) is 0.787. The predicted octanol–water partition coefficient (Wildman–Crippen LogP) is 1.76. The van der Waals surface area contributed by atoms with Crippen LogP contribution in [0.4, 0.5) is 0 Å². The number of aromatic nitrogens is 1. The average molecular weight is 267 g/mol. The monoisotopic (exact) mass is 267 g/mol. The van der Waals surface area contributed by atoms with Gasteiger partial charge in [-0.2, -0.15) is 9.57 Å². The maximum atomic E-state index is 12.3. The largest absolute Gasteiger partial charge is 0.244 e. The molecule has 0 unspecified atom stereocenters. The highest BCUT2D eigenvalue weighted by Crippen LogP contribution is 2.15. The van der Waals surface area contributed by atoms with Crippen molar-refractivity contribution in [3.8, 4) is 6.07 Å². The topological polar surface area (TPSA) is 74.1 Å². The SMILES string of the molecule is CCCCN(CC)S(=O)(=O)c1ccc(C#N)nc1. The lowest BCUT2D eigenvalue weighted by atomic mass is 10.3. The van der Waals surface area contributed by atoms with Crippen LogP contribution in [0.15, 0.2) is 23.2 Å². The zero-order valence-corrected chi connectivity index (χ0v) is 11.4. The number of rotatable bonds is 6. The molecule has 6 heteroatoms. The highest BCUT2D eigenvalue weighted by atomic mass is 32.2. The van der Waals surface area contributed by atoms with Crippen LogP contribution in [0.2, 0.25) is 0 Å². The molecule has 98 valence electrons. The molecule has 0 N–H and O–H groups in total. The van der Waals surface area contributed by atoms with E-state index in [0.29, 0.717) is 13.1 Å². The summed E-state index contributed by atoms with van der Waals surface area (Å²) < 4.78 is 26.0. The third-order valence-corrected chi connectivity index (χ3v) is 4.56. The number of sulfonamides is 1. The smallest absolute Gasteiger partial charge is 0.244 e. The fourth-order valence-corrected chi connectivity index (χ4v) is 2.96. The molecule has 0 bridgehead atoms. The molecular formula is C12H17N3O2S. The third kappa shape index (κ3) is 3.28. The van der Waals surface area contributed by atoms with Gasteiger partial charge in [0.25, 0.3) is 0 Å². The van der Waals surface area contributed by atoms with Gasteiger partial charge in [0.15, 0.2) is 0 Å². The second-order valence-corrected chi connectivity index (χ2v) is 5.78. The highest BCUT2D eigenvalue weighted by molar-refractivity contribution is 7.89. The Labute approximate surface area is 108 Å². The zero-order chi connectivity index (χ0) is 13.6. The molecule has 0 spiro atoms.